The number of carbonyl (C=O) groups excluding carboxylic acids is 1. The van der Waals surface area contributed by atoms with E-state index < -0.39 is 0 Å². The Hall–Kier alpha value is -0.790. The van der Waals surface area contributed by atoms with Gasteiger partial charge in [-0.05, 0) is 12.8 Å². The molecule has 1 atom stereocenters. The summed E-state index contributed by atoms with van der Waals surface area (Å²) in [4.78, 5) is 13.1. The molecule has 11 heavy (non-hydrogen) atoms. The molecule has 0 aliphatic carbocycles. The summed E-state index contributed by atoms with van der Waals surface area (Å²) in [5.41, 5.74) is 0. The van der Waals surface area contributed by atoms with Crippen molar-refractivity contribution in [1.82, 2.24) is 4.90 Å². The lowest BCUT2D eigenvalue weighted by atomic mass is 10.1. The number of amides is 1. The van der Waals surface area contributed by atoms with E-state index in [2.05, 4.69) is 20.8 Å². The van der Waals surface area contributed by atoms with Crippen LogP contribution in [0.4, 0.5) is 0 Å². The summed E-state index contributed by atoms with van der Waals surface area (Å²) in [6.45, 7) is 7.15. The number of hydrogen-bond donors (Lipinski definition) is 0. The van der Waals surface area contributed by atoms with Gasteiger partial charge in [0.25, 0.3) is 0 Å². The Kier molecular flexibility index (Phi) is 2.32. The molecule has 2 nitrogen and oxygen atoms in total. The van der Waals surface area contributed by atoms with Gasteiger partial charge in [0.2, 0.25) is 5.91 Å². The highest BCUT2D eigenvalue weighted by Gasteiger charge is 2.22. The van der Waals surface area contributed by atoms with Crippen molar-refractivity contribution in [2.24, 2.45) is 5.92 Å². The number of hydrogen-bond acceptors (Lipinski definition) is 1. The van der Waals surface area contributed by atoms with Gasteiger partial charge in [0.05, 0.1) is 0 Å². The summed E-state index contributed by atoms with van der Waals surface area (Å²) in [6, 6.07) is 0.359. The topological polar surface area (TPSA) is 20.3 Å². The van der Waals surface area contributed by atoms with Gasteiger partial charge in [-0.3, -0.25) is 4.79 Å². The minimum Gasteiger partial charge on any atom is -0.332 e. The lowest BCUT2D eigenvalue weighted by Crippen LogP contribution is -2.37. The lowest BCUT2D eigenvalue weighted by Gasteiger charge is -2.27. The van der Waals surface area contributed by atoms with Crippen molar-refractivity contribution in [1.29, 1.82) is 0 Å². The monoisotopic (exact) mass is 153 g/mol. The highest BCUT2D eigenvalue weighted by molar-refractivity contribution is 5.90. The van der Waals surface area contributed by atoms with Crippen LogP contribution in [0.15, 0.2) is 12.2 Å². The van der Waals surface area contributed by atoms with Crippen LogP contribution >= 0.6 is 0 Å². The van der Waals surface area contributed by atoms with Crippen molar-refractivity contribution in [3.8, 4) is 0 Å². The van der Waals surface area contributed by atoms with Crippen LogP contribution in [0, 0.1) is 5.92 Å². The van der Waals surface area contributed by atoms with Crippen LogP contribution in [0.5, 0.6) is 0 Å². The second-order valence-electron chi connectivity index (χ2n) is 3.38. The zero-order chi connectivity index (χ0) is 8.43. The van der Waals surface area contributed by atoms with Gasteiger partial charge < -0.3 is 4.90 Å². The summed E-state index contributed by atoms with van der Waals surface area (Å²) in [5.74, 6) is 0.699. The van der Waals surface area contributed by atoms with Crippen molar-refractivity contribution in [3.05, 3.63) is 12.2 Å². The quantitative estimate of drug-likeness (QED) is 0.587. The fourth-order valence-corrected chi connectivity index (χ4v) is 1.18. The van der Waals surface area contributed by atoms with Gasteiger partial charge in [-0.25, -0.2) is 0 Å². The van der Waals surface area contributed by atoms with Gasteiger partial charge in [-0.2, -0.15) is 0 Å². The Bertz CT molecular complexity index is 184. The van der Waals surface area contributed by atoms with Gasteiger partial charge in [0.1, 0.15) is 0 Å². The van der Waals surface area contributed by atoms with E-state index in [4.69, 9.17) is 0 Å². The summed E-state index contributed by atoms with van der Waals surface area (Å²) in [7, 11) is 0. The highest BCUT2D eigenvalue weighted by atomic mass is 16.2. The maximum Gasteiger partial charge on any atom is 0.246 e. The molecule has 0 aromatic heterocycles. The van der Waals surface area contributed by atoms with E-state index in [9.17, 15) is 4.79 Å². The van der Waals surface area contributed by atoms with Crippen LogP contribution < -0.4 is 0 Å². The molecule has 0 bridgehead atoms. The molecule has 0 spiro atoms. The first-order valence-electron chi connectivity index (χ1n) is 4.10. The molecular formula is C9H15NO. The maximum atomic E-state index is 11.2. The molecule has 1 amide bonds. The van der Waals surface area contributed by atoms with Crippen molar-refractivity contribution in [2.75, 3.05) is 6.54 Å². The SMILES string of the molecule is CC(C)[C@H](C)N1CC=CC1=O. The molecule has 1 aliphatic heterocycles. The van der Waals surface area contributed by atoms with Gasteiger partial charge in [0, 0.05) is 18.7 Å². The number of nitrogens with zero attached hydrogens (tertiary/aromatic N) is 1. The summed E-state index contributed by atoms with van der Waals surface area (Å²) in [6.07, 6.45) is 3.57. The van der Waals surface area contributed by atoms with Crippen molar-refractivity contribution >= 4 is 5.91 Å². The maximum absolute atomic E-state index is 11.2. The molecule has 1 heterocycles. The largest absolute Gasteiger partial charge is 0.332 e. The third-order valence-electron chi connectivity index (χ3n) is 2.30. The zero-order valence-electron chi connectivity index (χ0n) is 7.37. The molecule has 0 N–H and O–H groups in total. The highest BCUT2D eigenvalue weighted by Crippen LogP contribution is 2.13. The molecule has 0 fully saturated rings. The first-order chi connectivity index (χ1) is 5.13. The minimum atomic E-state index is 0.159. The smallest absolute Gasteiger partial charge is 0.246 e. The lowest BCUT2D eigenvalue weighted by molar-refractivity contribution is -0.127. The fraction of sp³-hybridized carbons (Fsp3) is 0.667. The van der Waals surface area contributed by atoms with Crippen molar-refractivity contribution < 1.29 is 4.79 Å². The predicted octanol–water partition coefficient (Wildman–Crippen LogP) is 1.43. The molecule has 1 aliphatic rings. The van der Waals surface area contributed by atoms with E-state index >= 15 is 0 Å². The molecule has 2 heteroatoms. The Morgan fingerprint density at radius 3 is 2.45 bits per heavy atom. The van der Waals surface area contributed by atoms with Crippen LogP contribution in [-0.2, 0) is 4.79 Å². The number of rotatable bonds is 2. The third kappa shape index (κ3) is 1.62. The molecule has 0 radical (unpaired) electrons. The molecule has 0 unspecified atom stereocenters. The van der Waals surface area contributed by atoms with E-state index in [-0.39, 0.29) is 5.91 Å². The van der Waals surface area contributed by atoms with Crippen LogP contribution in [-0.4, -0.2) is 23.4 Å². The Morgan fingerprint density at radius 1 is 1.45 bits per heavy atom. The first kappa shape index (κ1) is 8.31. The second kappa shape index (κ2) is 3.07. The molecule has 0 saturated carbocycles. The molecule has 0 aromatic rings. The average molecular weight is 153 g/mol. The van der Waals surface area contributed by atoms with E-state index in [1.807, 2.05) is 11.0 Å². The van der Waals surface area contributed by atoms with E-state index in [1.54, 1.807) is 6.08 Å². The second-order valence-corrected chi connectivity index (χ2v) is 3.38. The molecular weight excluding hydrogens is 138 g/mol. The predicted molar refractivity (Wildman–Crippen MR) is 45.2 cm³/mol. The van der Waals surface area contributed by atoms with Gasteiger partial charge in [0.15, 0.2) is 0 Å². The Morgan fingerprint density at radius 2 is 2.09 bits per heavy atom. The molecule has 0 saturated heterocycles. The van der Waals surface area contributed by atoms with E-state index in [0.29, 0.717) is 12.0 Å². The molecule has 62 valence electrons. The van der Waals surface area contributed by atoms with Crippen LogP contribution in [0.25, 0.3) is 0 Å². The molecule has 1 rings (SSSR count). The summed E-state index contributed by atoms with van der Waals surface area (Å²) in [5, 5.41) is 0. The first-order valence-corrected chi connectivity index (χ1v) is 4.10. The van der Waals surface area contributed by atoms with Crippen LogP contribution in [0.2, 0.25) is 0 Å². The van der Waals surface area contributed by atoms with Crippen molar-refractivity contribution in [2.45, 2.75) is 26.8 Å². The van der Waals surface area contributed by atoms with Gasteiger partial charge in [-0.15, -0.1) is 0 Å². The van der Waals surface area contributed by atoms with Gasteiger partial charge >= 0.3 is 0 Å². The van der Waals surface area contributed by atoms with E-state index in [0.717, 1.165) is 6.54 Å². The Balaban J connectivity index is 2.55. The average Bonchev–Trinajstić information content (AvgIpc) is 2.33. The van der Waals surface area contributed by atoms with E-state index in [1.165, 1.54) is 0 Å². The van der Waals surface area contributed by atoms with Crippen LogP contribution in [0.1, 0.15) is 20.8 Å². The minimum absolute atomic E-state index is 0.159. The Labute approximate surface area is 67.9 Å². The number of carbonyl (C=O) groups is 1. The molecule has 0 aromatic carbocycles. The van der Waals surface area contributed by atoms with Crippen LogP contribution in [0.3, 0.4) is 0 Å². The third-order valence-corrected chi connectivity index (χ3v) is 2.30. The van der Waals surface area contributed by atoms with Crippen molar-refractivity contribution in [3.63, 3.8) is 0 Å². The normalized spacial score (nSPS) is 20.0. The van der Waals surface area contributed by atoms with Gasteiger partial charge in [-0.1, -0.05) is 19.9 Å². The standard InChI is InChI=1S/C9H15NO/c1-7(2)8(3)10-6-4-5-9(10)11/h4-5,7-8H,6H2,1-3H3/t8-/m0/s1. The fourth-order valence-electron chi connectivity index (χ4n) is 1.18. The summed E-state index contributed by atoms with van der Waals surface area (Å²) >= 11 is 0. The summed E-state index contributed by atoms with van der Waals surface area (Å²) < 4.78 is 0. The zero-order valence-corrected chi connectivity index (χ0v) is 7.37.